The van der Waals surface area contributed by atoms with Gasteiger partial charge in [-0.3, -0.25) is 4.79 Å². The summed E-state index contributed by atoms with van der Waals surface area (Å²) in [4.78, 5) is 13.1. The van der Waals surface area contributed by atoms with Gasteiger partial charge in [-0.2, -0.15) is 4.31 Å². The summed E-state index contributed by atoms with van der Waals surface area (Å²) in [7, 11) is -2.20. The van der Waals surface area contributed by atoms with Gasteiger partial charge in [-0.1, -0.05) is 44.2 Å². The SMILES string of the molecule is CCN(CC)S(=O)(=O)c1ccc(OC)c(NC(=O)Cc2coc3ccc4ccccc4c23)c1. The van der Waals surface area contributed by atoms with Gasteiger partial charge in [-0.25, -0.2) is 8.42 Å². The number of benzene rings is 3. The average molecular weight is 467 g/mol. The molecule has 1 heterocycles. The van der Waals surface area contributed by atoms with E-state index in [-0.39, 0.29) is 17.2 Å². The largest absolute Gasteiger partial charge is 0.495 e. The molecule has 172 valence electrons. The Bertz CT molecular complexity index is 1420. The zero-order valence-corrected chi connectivity index (χ0v) is 19.6. The molecule has 0 aliphatic heterocycles. The molecule has 4 rings (SSSR count). The summed E-state index contributed by atoms with van der Waals surface area (Å²) in [6.07, 6.45) is 1.66. The molecule has 0 atom stereocenters. The van der Waals surface area contributed by atoms with E-state index in [0.29, 0.717) is 30.1 Å². The summed E-state index contributed by atoms with van der Waals surface area (Å²) in [6, 6.07) is 16.3. The average Bonchev–Trinajstić information content (AvgIpc) is 3.22. The van der Waals surface area contributed by atoms with Gasteiger partial charge in [-0.05, 0) is 35.0 Å². The minimum Gasteiger partial charge on any atom is -0.495 e. The summed E-state index contributed by atoms with van der Waals surface area (Å²) in [6.45, 7) is 4.28. The Morgan fingerprint density at radius 2 is 1.82 bits per heavy atom. The Labute approximate surface area is 193 Å². The predicted molar refractivity (Wildman–Crippen MR) is 129 cm³/mol. The quantitative estimate of drug-likeness (QED) is 0.403. The van der Waals surface area contributed by atoms with Gasteiger partial charge in [0.15, 0.2) is 0 Å². The molecular formula is C25H26N2O5S. The summed E-state index contributed by atoms with van der Waals surface area (Å²) >= 11 is 0. The molecule has 7 nitrogen and oxygen atoms in total. The van der Waals surface area contributed by atoms with Gasteiger partial charge in [0.05, 0.1) is 30.4 Å². The molecule has 33 heavy (non-hydrogen) atoms. The number of hydrogen-bond donors (Lipinski definition) is 1. The van der Waals surface area contributed by atoms with Gasteiger partial charge in [0.25, 0.3) is 0 Å². The van der Waals surface area contributed by atoms with E-state index < -0.39 is 10.0 Å². The van der Waals surface area contributed by atoms with Gasteiger partial charge < -0.3 is 14.5 Å². The van der Waals surface area contributed by atoms with Crippen LogP contribution in [0.5, 0.6) is 5.75 Å². The van der Waals surface area contributed by atoms with Crippen molar-refractivity contribution in [2.75, 3.05) is 25.5 Å². The molecule has 0 aliphatic rings. The van der Waals surface area contributed by atoms with Crippen molar-refractivity contribution in [3.05, 3.63) is 66.4 Å². The highest BCUT2D eigenvalue weighted by Crippen LogP contribution is 2.32. The first-order valence-corrected chi connectivity index (χ1v) is 12.2. The molecular weight excluding hydrogens is 440 g/mol. The van der Waals surface area contributed by atoms with Gasteiger partial charge >= 0.3 is 0 Å². The normalized spacial score (nSPS) is 11.9. The number of carbonyl (C=O) groups excluding carboxylic acids is 1. The third-order valence-electron chi connectivity index (χ3n) is 5.68. The van der Waals surface area contributed by atoms with Crippen LogP contribution in [-0.2, 0) is 21.2 Å². The molecule has 8 heteroatoms. The Morgan fingerprint density at radius 3 is 2.55 bits per heavy atom. The van der Waals surface area contributed by atoms with E-state index in [1.165, 1.54) is 23.5 Å². The predicted octanol–water partition coefficient (Wildman–Crippen LogP) is 4.81. The zero-order valence-electron chi connectivity index (χ0n) is 18.8. The summed E-state index contributed by atoms with van der Waals surface area (Å²) in [5.41, 5.74) is 1.76. The maximum atomic E-state index is 13.0. The molecule has 0 aliphatic carbocycles. The highest BCUT2D eigenvalue weighted by Gasteiger charge is 2.23. The smallest absolute Gasteiger partial charge is 0.243 e. The lowest BCUT2D eigenvalue weighted by Crippen LogP contribution is -2.30. The molecule has 1 aromatic heterocycles. The zero-order chi connectivity index (χ0) is 23.6. The van der Waals surface area contributed by atoms with Crippen LogP contribution in [0.4, 0.5) is 5.69 Å². The number of nitrogens with zero attached hydrogens (tertiary/aromatic N) is 1. The van der Waals surface area contributed by atoms with Crippen molar-refractivity contribution < 1.29 is 22.4 Å². The van der Waals surface area contributed by atoms with Gasteiger partial charge in [0.2, 0.25) is 15.9 Å². The number of carbonyl (C=O) groups is 1. The number of furan rings is 1. The number of amides is 1. The van der Waals surface area contributed by atoms with E-state index in [1.54, 1.807) is 26.2 Å². The Hall–Kier alpha value is -3.36. The maximum absolute atomic E-state index is 13.0. The Balaban J connectivity index is 1.65. The van der Waals surface area contributed by atoms with Gasteiger partial charge in [0, 0.05) is 24.0 Å². The number of rotatable bonds is 8. The lowest BCUT2D eigenvalue weighted by atomic mass is 10.0. The monoisotopic (exact) mass is 466 g/mol. The maximum Gasteiger partial charge on any atom is 0.243 e. The third-order valence-corrected chi connectivity index (χ3v) is 7.73. The number of methoxy groups -OCH3 is 1. The van der Waals surface area contributed by atoms with Crippen molar-refractivity contribution in [1.29, 1.82) is 0 Å². The fourth-order valence-corrected chi connectivity index (χ4v) is 5.51. The molecule has 0 fully saturated rings. The van der Waals surface area contributed by atoms with Crippen molar-refractivity contribution in [1.82, 2.24) is 4.31 Å². The van der Waals surface area contributed by atoms with Crippen molar-refractivity contribution in [3.8, 4) is 5.75 Å². The molecule has 3 aromatic carbocycles. The Morgan fingerprint density at radius 1 is 1.06 bits per heavy atom. The topological polar surface area (TPSA) is 88.9 Å². The first-order valence-electron chi connectivity index (χ1n) is 10.7. The van der Waals surface area contributed by atoms with Crippen molar-refractivity contribution in [3.63, 3.8) is 0 Å². The second-order valence-electron chi connectivity index (χ2n) is 7.60. The van der Waals surface area contributed by atoms with Crippen LogP contribution in [-0.4, -0.2) is 38.8 Å². The van der Waals surface area contributed by atoms with Crippen molar-refractivity contribution in [2.24, 2.45) is 0 Å². The molecule has 0 saturated carbocycles. The number of hydrogen-bond acceptors (Lipinski definition) is 5. The number of anilines is 1. The second kappa shape index (κ2) is 9.25. The highest BCUT2D eigenvalue weighted by atomic mass is 32.2. The molecule has 0 spiro atoms. The Kier molecular flexibility index (Phi) is 6.40. The van der Waals surface area contributed by atoms with Crippen LogP contribution in [0.3, 0.4) is 0 Å². The van der Waals surface area contributed by atoms with Crippen LogP contribution in [0.15, 0.2) is 70.2 Å². The molecule has 1 N–H and O–H groups in total. The minimum absolute atomic E-state index is 0.0667. The molecule has 0 saturated heterocycles. The number of nitrogens with one attached hydrogen (secondary N) is 1. The fourth-order valence-electron chi connectivity index (χ4n) is 4.03. The van der Waals surface area contributed by atoms with Crippen LogP contribution in [0.2, 0.25) is 0 Å². The number of sulfonamides is 1. The molecule has 0 bridgehead atoms. The number of ether oxygens (including phenoxy) is 1. The van der Waals surface area contributed by atoms with Crippen molar-refractivity contribution in [2.45, 2.75) is 25.2 Å². The first-order chi connectivity index (χ1) is 15.9. The standard InChI is InChI=1S/C25H26N2O5S/c1-4-27(5-2)33(29,30)19-11-13-22(31-3)21(15-19)26-24(28)14-18-16-32-23-12-10-17-8-6-7-9-20(17)25(18)23/h6-13,15-16H,4-5,14H2,1-3H3,(H,26,28). The van der Waals surface area contributed by atoms with Crippen LogP contribution in [0.25, 0.3) is 21.7 Å². The molecule has 4 aromatic rings. The van der Waals surface area contributed by atoms with Crippen LogP contribution in [0.1, 0.15) is 19.4 Å². The second-order valence-corrected chi connectivity index (χ2v) is 9.54. The van der Waals surface area contributed by atoms with Gasteiger partial charge in [-0.15, -0.1) is 0 Å². The van der Waals surface area contributed by atoms with Crippen LogP contribution >= 0.6 is 0 Å². The lowest BCUT2D eigenvalue weighted by molar-refractivity contribution is -0.115. The highest BCUT2D eigenvalue weighted by molar-refractivity contribution is 7.89. The van der Waals surface area contributed by atoms with E-state index in [9.17, 15) is 13.2 Å². The van der Waals surface area contributed by atoms with Crippen LogP contribution < -0.4 is 10.1 Å². The first kappa shape index (κ1) is 22.8. The summed E-state index contributed by atoms with van der Waals surface area (Å²) < 4.78 is 38.2. The molecule has 0 radical (unpaired) electrons. The van der Waals surface area contributed by atoms with E-state index in [1.807, 2.05) is 36.4 Å². The number of fused-ring (bicyclic) bond motifs is 3. The summed E-state index contributed by atoms with van der Waals surface area (Å²) in [5, 5.41) is 5.78. The minimum atomic E-state index is -3.68. The fraction of sp³-hybridized carbons (Fsp3) is 0.240. The van der Waals surface area contributed by atoms with E-state index >= 15 is 0 Å². The van der Waals surface area contributed by atoms with Gasteiger partial charge in [0.1, 0.15) is 11.3 Å². The van der Waals surface area contributed by atoms with E-state index in [4.69, 9.17) is 9.15 Å². The van der Waals surface area contributed by atoms with Crippen molar-refractivity contribution >= 4 is 43.4 Å². The molecule has 0 unspecified atom stereocenters. The van der Waals surface area contributed by atoms with E-state index in [0.717, 1.165) is 21.7 Å². The van der Waals surface area contributed by atoms with E-state index in [2.05, 4.69) is 5.32 Å². The molecule has 1 amide bonds. The van der Waals surface area contributed by atoms with Crippen LogP contribution in [0, 0.1) is 0 Å². The lowest BCUT2D eigenvalue weighted by Gasteiger charge is -2.19. The summed E-state index contributed by atoms with van der Waals surface area (Å²) in [5.74, 6) is 0.0747. The third kappa shape index (κ3) is 4.31.